The minimum atomic E-state index is -0.138. The molecule has 0 bridgehead atoms. The molecule has 0 spiro atoms. The number of hydrogen-bond donors (Lipinski definition) is 2. The second-order valence-electron chi connectivity index (χ2n) is 8.50. The Bertz CT molecular complexity index is 1210. The van der Waals surface area contributed by atoms with Gasteiger partial charge in [-0.15, -0.1) is 0 Å². The Morgan fingerprint density at radius 3 is 2.84 bits per heavy atom. The van der Waals surface area contributed by atoms with Gasteiger partial charge < -0.3 is 16.0 Å². The molecule has 32 heavy (non-hydrogen) atoms. The van der Waals surface area contributed by atoms with E-state index < -0.39 is 0 Å². The lowest BCUT2D eigenvalue weighted by atomic mass is 10.1. The number of nitrogens with two attached hydrogens (primary N) is 1. The molecule has 2 amide bonds. The molecule has 6 nitrogen and oxygen atoms in total. The number of halogens is 1. The summed E-state index contributed by atoms with van der Waals surface area (Å²) in [7, 11) is 0. The monoisotopic (exact) mass is 510 g/mol. The van der Waals surface area contributed by atoms with E-state index in [1.165, 1.54) is 11.3 Å². The van der Waals surface area contributed by atoms with Crippen molar-refractivity contribution in [3.63, 3.8) is 0 Å². The third kappa shape index (κ3) is 4.04. The Morgan fingerprint density at radius 2 is 2.06 bits per heavy atom. The van der Waals surface area contributed by atoms with Crippen LogP contribution in [0.1, 0.15) is 32.8 Å². The second-order valence-corrected chi connectivity index (χ2v) is 10.5. The number of anilines is 1. The molecular formula is C24H23BrN4O2S. The molecule has 1 aliphatic carbocycles. The third-order valence-electron chi connectivity index (χ3n) is 6.25. The van der Waals surface area contributed by atoms with Gasteiger partial charge in [-0.05, 0) is 48.9 Å². The van der Waals surface area contributed by atoms with Gasteiger partial charge in [-0.1, -0.05) is 63.2 Å². The van der Waals surface area contributed by atoms with E-state index in [4.69, 9.17) is 5.73 Å². The topological polar surface area (TPSA) is 88.3 Å². The molecule has 8 heteroatoms. The number of nitrogen functional groups attached to an aromatic ring is 1. The first-order valence-electron chi connectivity index (χ1n) is 10.6. The normalized spacial score (nSPS) is 21.3. The van der Waals surface area contributed by atoms with Crippen molar-refractivity contribution >= 4 is 44.2 Å². The molecule has 1 aliphatic heterocycles. The summed E-state index contributed by atoms with van der Waals surface area (Å²) in [4.78, 5) is 33.3. The van der Waals surface area contributed by atoms with Crippen LogP contribution in [0.4, 0.5) is 5.13 Å². The van der Waals surface area contributed by atoms with Crippen molar-refractivity contribution in [2.75, 3.05) is 18.8 Å². The summed E-state index contributed by atoms with van der Waals surface area (Å²) >= 11 is 4.74. The Labute approximate surface area is 199 Å². The van der Waals surface area contributed by atoms with Crippen LogP contribution in [-0.2, 0) is 0 Å². The van der Waals surface area contributed by atoms with Gasteiger partial charge in [0, 0.05) is 23.1 Å². The molecule has 164 valence electrons. The van der Waals surface area contributed by atoms with Gasteiger partial charge in [0.05, 0.1) is 10.9 Å². The van der Waals surface area contributed by atoms with Crippen LogP contribution < -0.4 is 11.1 Å². The average molecular weight is 511 g/mol. The zero-order valence-electron chi connectivity index (χ0n) is 17.5. The zero-order valence-corrected chi connectivity index (χ0v) is 19.9. The van der Waals surface area contributed by atoms with E-state index in [0.29, 0.717) is 41.3 Å². The van der Waals surface area contributed by atoms with Crippen LogP contribution in [-0.4, -0.2) is 40.8 Å². The average Bonchev–Trinajstić information content (AvgIpc) is 3.28. The number of nitrogens with one attached hydrogen (secondary N) is 1. The standard InChI is InChI=1S/C24H23BrN4O2S/c1-13-4-2-5-14(8-13)21-20(28-24(26)32-21)23(31)29-12-16-10-18(16)19(29)11-27-22(30)15-6-3-7-17(25)9-15/h2-9,16,18-19H,10-12H2,1H3,(H2,26,28)(H,27,30). The maximum Gasteiger partial charge on any atom is 0.274 e. The number of aryl methyl sites for hydroxylation is 1. The number of thiazole rings is 1. The molecule has 1 saturated heterocycles. The van der Waals surface area contributed by atoms with Gasteiger partial charge in [-0.3, -0.25) is 9.59 Å². The van der Waals surface area contributed by atoms with Crippen molar-refractivity contribution in [3.8, 4) is 10.4 Å². The number of amides is 2. The van der Waals surface area contributed by atoms with E-state index >= 15 is 0 Å². The molecule has 3 unspecified atom stereocenters. The molecule has 2 aromatic carbocycles. The number of benzene rings is 2. The van der Waals surface area contributed by atoms with E-state index in [2.05, 4.69) is 26.2 Å². The SMILES string of the molecule is Cc1cccc(-c2sc(N)nc2C(=O)N2CC3CC3C2CNC(=O)c2cccc(Br)c2)c1. The molecule has 1 aromatic heterocycles. The fraction of sp³-hybridized carbons (Fsp3) is 0.292. The van der Waals surface area contributed by atoms with Gasteiger partial charge >= 0.3 is 0 Å². The summed E-state index contributed by atoms with van der Waals surface area (Å²) in [5.74, 6) is 0.690. The first-order chi connectivity index (χ1) is 15.4. The van der Waals surface area contributed by atoms with E-state index in [1.807, 2.05) is 48.2 Å². The molecule has 2 heterocycles. The number of hydrogen-bond acceptors (Lipinski definition) is 5. The summed E-state index contributed by atoms with van der Waals surface area (Å²) in [5, 5.41) is 3.41. The highest BCUT2D eigenvalue weighted by Crippen LogP contribution is 2.50. The summed E-state index contributed by atoms with van der Waals surface area (Å²) < 4.78 is 0.856. The number of aromatic nitrogens is 1. The van der Waals surface area contributed by atoms with Crippen LogP contribution in [0.5, 0.6) is 0 Å². The van der Waals surface area contributed by atoms with Crippen molar-refractivity contribution in [3.05, 3.63) is 69.8 Å². The van der Waals surface area contributed by atoms with Crippen LogP contribution in [0.3, 0.4) is 0 Å². The van der Waals surface area contributed by atoms with Crippen LogP contribution >= 0.6 is 27.3 Å². The third-order valence-corrected chi connectivity index (χ3v) is 7.68. The number of fused-ring (bicyclic) bond motifs is 1. The summed E-state index contributed by atoms with van der Waals surface area (Å²) in [6.07, 6.45) is 1.10. The zero-order chi connectivity index (χ0) is 22.4. The van der Waals surface area contributed by atoms with Gasteiger partial charge in [0.2, 0.25) is 0 Å². The quantitative estimate of drug-likeness (QED) is 0.533. The molecule has 3 atom stereocenters. The Balaban J connectivity index is 1.36. The number of piperidine rings is 1. The number of carbonyl (C=O) groups excluding carboxylic acids is 2. The number of rotatable bonds is 5. The molecule has 2 fully saturated rings. The van der Waals surface area contributed by atoms with E-state index in [-0.39, 0.29) is 17.9 Å². The van der Waals surface area contributed by atoms with Gasteiger partial charge in [-0.2, -0.15) is 0 Å². The minimum absolute atomic E-state index is 0.0307. The molecule has 2 aliphatic rings. The Hall–Kier alpha value is -2.71. The van der Waals surface area contributed by atoms with Gasteiger partial charge in [0.1, 0.15) is 5.69 Å². The van der Waals surface area contributed by atoms with Gasteiger partial charge in [0.15, 0.2) is 5.13 Å². The predicted molar refractivity (Wildman–Crippen MR) is 130 cm³/mol. The van der Waals surface area contributed by atoms with Crippen LogP contribution in [0, 0.1) is 18.8 Å². The fourth-order valence-electron chi connectivity index (χ4n) is 4.60. The molecule has 5 rings (SSSR count). The van der Waals surface area contributed by atoms with Crippen molar-refractivity contribution < 1.29 is 9.59 Å². The molecule has 0 radical (unpaired) electrons. The number of nitrogens with zero attached hydrogens (tertiary/aromatic N) is 2. The van der Waals surface area contributed by atoms with Crippen LogP contribution in [0.2, 0.25) is 0 Å². The van der Waals surface area contributed by atoms with Crippen molar-refractivity contribution in [2.24, 2.45) is 11.8 Å². The summed E-state index contributed by atoms with van der Waals surface area (Å²) in [6.45, 7) is 3.15. The Kier molecular flexibility index (Phi) is 5.51. The van der Waals surface area contributed by atoms with Crippen LogP contribution in [0.25, 0.3) is 10.4 Å². The minimum Gasteiger partial charge on any atom is -0.375 e. The largest absolute Gasteiger partial charge is 0.375 e. The molecule has 3 N–H and O–H groups in total. The summed E-state index contributed by atoms with van der Waals surface area (Å²) in [6, 6.07) is 15.3. The number of likely N-dealkylation sites (tertiary alicyclic amines) is 1. The lowest BCUT2D eigenvalue weighted by molar-refractivity contribution is 0.0691. The lowest BCUT2D eigenvalue weighted by Crippen LogP contribution is -2.45. The highest BCUT2D eigenvalue weighted by atomic mass is 79.9. The van der Waals surface area contributed by atoms with Gasteiger partial charge in [-0.25, -0.2) is 4.98 Å². The van der Waals surface area contributed by atoms with Crippen LogP contribution in [0.15, 0.2) is 53.0 Å². The smallest absolute Gasteiger partial charge is 0.274 e. The summed E-state index contributed by atoms with van der Waals surface area (Å²) in [5.41, 5.74) is 9.08. The van der Waals surface area contributed by atoms with Gasteiger partial charge in [0.25, 0.3) is 11.8 Å². The van der Waals surface area contributed by atoms with E-state index in [0.717, 1.165) is 26.9 Å². The fourth-order valence-corrected chi connectivity index (χ4v) is 5.81. The maximum absolute atomic E-state index is 13.6. The first-order valence-corrected chi connectivity index (χ1v) is 12.2. The molecular weight excluding hydrogens is 488 g/mol. The maximum atomic E-state index is 13.6. The number of carbonyl (C=O) groups is 2. The van der Waals surface area contributed by atoms with Crippen molar-refractivity contribution in [2.45, 2.75) is 19.4 Å². The highest BCUT2D eigenvalue weighted by molar-refractivity contribution is 9.10. The van der Waals surface area contributed by atoms with Crippen molar-refractivity contribution in [1.29, 1.82) is 0 Å². The molecule has 3 aromatic rings. The second kappa shape index (κ2) is 8.33. The van der Waals surface area contributed by atoms with E-state index in [1.54, 1.807) is 12.1 Å². The lowest BCUT2D eigenvalue weighted by Gasteiger charge is -2.27. The molecule has 1 saturated carbocycles. The Morgan fingerprint density at radius 1 is 1.25 bits per heavy atom. The van der Waals surface area contributed by atoms with Crippen molar-refractivity contribution in [1.82, 2.24) is 15.2 Å². The van der Waals surface area contributed by atoms with E-state index in [9.17, 15) is 9.59 Å². The first kappa shape index (κ1) is 21.2. The predicted octanol–water partition coefficient (Wildman–Crippen LogP) is 4.35. The highest BCUT2D eigenvalue weighted by Gasteiger charge is 2.54.